The number of amides is 2. The fraction of sp³-hybridized carbons (Fsp3) is 0.562. The molecule has 1 aromatic rings. The Bertz CT molecular complexity index is 478. The van der Waals surface area contributed by atoms with E-state index in [1.165, 1.54) is 19.4 Å². The number of likely N-dealkylation sites (tertiary alicyclic amines) is 1. The van der Waals surface area contributed by atoms with Crippen LogP contribution in [0.1, 0.15) is 26.7 Å². The summed E-state index contributed by atoms with van der Waals surface area (Å²) in [6.07, 6.45) is 2.38. The Morgan fingerprint density at radius 2 is 2.19 bits per heavy atom. The van der Waals surface area contributed by atoms with Gasteiger partial charge in [0.1, 0.15) is 0 Å². The summed E-state index contributed by atoms with van der Waals surface area (Å²) < 4.78 is 0. The highest BCUT2D eigenvalue weighted by Gasteiger charge is 2.21. The third-order valence-electron chi connectivity index (χ3n) is 3.95. The Kier molecular flexibility index (Phi) is 5.88. The van der Waals surface area contributed by atoms with Crippen LogP contribution in [-0.4, -0.2) is 36.6 Å². The van der Waals surface area contributed by atoms with Gasteiger partial charge >= 0.3 is 6.03 Å². The summed E-state index contributed by atoms with van der Waals surface area (Å²) in [5.41, 5.74) is 0.643. The maximum atomic E-state index is 11.9. The third-order valence-corrected chi connectivity index (χ3v) is 4.28. The van der Waals surface area contributed by atoms with Crippen molar-refractivity contribution in [1.29, 1.82) is 0 Å². The van der Waals surface area contributed by atoms with Crippen molar-refractivity contribution in [3.8, 4) is 0 Å². The summed E-state index contributed by atoms with van der Waals surface area (Å²) in [4.78, 5) is 14.4. The lowest BCUT2D eigenvalue weighted by Crippen LogP contribution is -2.44. The van der Waals surface area contributed by atoms with Gasteiger partial charge in [-0.05, 0) is 51.3 Å². The van der Waals surface area contributed by atoms with Crippen LogP contribution in [0, 0.1) is 5.92 Å². The quantitative estimate of drug-likeness (QED) is 0.893. The number of halogens is 1. The van der Waals surface area contributed by atoms with E-state index in [2.05, 4.69) is 29.4 Å². The molecule has 1 aliphatic rings. The molecule has 1 fully saturated rings. The summed E-state index contributed by atoms with van der Waals surface area (Å²) >= 11 is 6.02. The average molecular weight is 310 g/mol. The predicted molar refractivity (Wildman–Crippen MR) is 87.9 cm³/mol. The first-order valence-corrected chi connectivity index (χ1v) is 7.97. The zero-order chi connectivity index (χ0) is 15.2. The van der Waals surface area contributed by atoms with E-state index in [-0.39, 0.29) is 6.03 Å². The summed E-state index contributed by atoms with van der Waals surface area (Å²) in [5, 5.41) is 6.29. The molecule has 0 unspecified atom stereocenters. The third kappa shape index (κ3) is 4.90. The van der Waals surface area contributed by atoms with Crippen LogP contribution < -0.4 is 10.6 Å². The van der Waals surface area contributed by atoms with Gasteiger partial charge in [-0.15, -0.1) is 0 Å². The molecule has 0 bridgehead atoms. The standard InChI is InChI=1S/C16H24ClN3O/c1-12(2)20-9-5-6-13(11-20)10-18-16(21)19-15-8-4-3-7-14(15)17/h3-4,7-8,12-13H,5-6,9-11H2,1-2H3,(H2,18,19,21)/t13-/m0/s1. The molecular weight excluding hydrogens is 286 g/mol. The SMILES string of the molecule is CC(C)N1CCC[C@@H](CNC(=O)Nc2ccccc2Cl)C1. The Labute approximate surface area is 131 Å². The molecule has 0 spiro atoms. The van der Waals surface area contributed by atoms with Gasteiger partial charge < -0.3 is 15.5 Å². The molecule has 5 heteroatoms. The number of urea groups is 1. The average Bonchev–Trinajstić information content (AvgIpc) is 2.48. The maximum Gasteiger partial charge on any atom is 0.319 e. The number of hydrogen-bond acceptors (Lipinski definition) is 2. The van der Waals surface area contributed by atoms with Gasteiger partial charge in [-0.25, -0.2) is 4.79 Å². The number of nitrogens with one attached hydrogen (secondary N) is 2. The normalized spacial score (nSPS) is 19.5. The molecule has 0 radical (unpaired) electrons. The van der Waals surface area contributed by atoms with Crippen molar-refractivity contribution in [1.82, 2.24) is 10.2 Å². The number of nitrogens with zero attached hydrogens (tertiary/aromatic N) is 1. The second kappa shape index (κ2) is 7.66. The summed E-state index contributed by atoms with van der Waals surface area (Å²) in [6, 6.07) is 7.63. The monoisotopic (exact) mass is 309 g/mol. The van der Waals surface area contributed by atoms with Crippen molar-refractivity contribution < 1.29 is 4.79 Å². The van der Waals surface area contributed by atoms with Crippen LogP contribution in [0.2, 0.25) is 5.02 Å². The van der Waals surface area contributed by atoms with E-state index in [9.17, 15) is 4.79 Å². The van der Waals surface area contributed by atoms with E-state index in [0.717, 1.165) is 6.54 Å². The highest BCUT2D eigenvalue weighted by molar-refractivity contribution is 6.33. The van der Waals surface area contributed by atoms with Gasteiger partial charge in [-0.2, -0.15) is 0 Å². The van der Waals surface area contributed by atoms with Crippen LogP contribution in [0.15, 0.2) is 24.3 Å². The predicted octanol–water partition coefficient (Wildman–Crippen LogP) is 3.58. The largest absolute Gasteiger partial charge is 0.338 e. The number of para-hydroxylation sites is 1. The Morgan fingerprint density at radius 3 is 2.90 bits per heavy atom. The second-order valence-electron chi connectivity index (χ2n) is 5.91. The Morgan fingerprint density at radius 1 is 1.43 bits per heavy atom. The molecular formula is C16H24ClN3O. The fourth-order valence-electron chi connectivity index (χ4n) is 2.70. The van der Waals surface area contributed by atoms with Crippen molar-refractivity contribution in [2.24, 2.45) is 5.92 Å². The minimum atomic E-state index is -0.190. The van der Waals surface area contributed by atoms with Crippen LogP contribution in [0.4, 0.5) is 10.5 Å². The summed E-state index contributed by atoms with van der Waals surface area (Å²) in [7, 11) is 0. The number of piperidine rings is 1. The molecule has 2 rings (SSSR count). The first kappa shape index (κ1) is 16.1. The van der Waals surface area contributed by atoms with Crippen LogP contribution in [0.25, 0.3) is 0 Å². The van der Waals surface area contributed by atoms with Crippen molar-refractivity contribution in [2.45, 2.75) is 32.7 Å². The number of rotatable bonds is 4. The molecule has 1 saturated heterocycles. The van der Waals surface area contributed by atoms with Crippen LogP contribution in [0.5, 0.6) is 0 Å². The molecule has 21 heavy (non-hydrogen) atoms. The van der Waals surface area contributed by atoms with E-state index < -0.39 is 0 Å². The minimum absolute atomic E-state index is 0.190. The first-order chi connectivity index (χ1) is 10.1. The molecule has 2 N–H and O–H groups in total. The zero-order valence-corrected chi connectivity index (χ0v) is 13.5. The highest BCUT2D eigenvalue weighted by atomic mass is 35.5. The number of anilines is 1. The van der Waals surface area contributed by atoms with Crippen LogP contribution >= 0.6 is 11.6 Å². The summed E-state index contributed by atoms with van der Waals surface area (Å²) in [6.45, 7) is 7.38. The van der Waals surface area contributed by atoms with Gasteiger partial charge in [0.2, 0.25) is 0 Å². The second-order valence-corrected chi connectivity index (χ2v) is 6.32. The van der Waals surface area contributed by atoms with Crippen LogP contribution in [-0.2, 0) is 0 Å². The lowest BCUT2D eigenvalue weighted by molar-refractivity contribution is 0.139. The number of carbonyl (C=O) groups is 1. The van der Waals surface area contributed by atoms with Crippen LogP contribution in [0.3, 0.4) is 0 Å². The van der Waals surface area contributed by atoms with Gasteiger partial charge in [0, 0.05) is 19.1 Å². The van der Waals surface area contributed by atoms with E-state index in [1.54, 1.807) is 12.1 Å². The van der Waals surface area contributed by atoms with Crippen molar-refractivity contribution in [3.63, 3.8) is 0 Å². The molecule has 1 heterocycles. The number of hydrogen-bond donors (Lipinski definition) is 2. The molecule has 4 nitrogen and oxygen atoms in total. The molecule has 1 aliphatic heterocycles. The fourth-order valence-corrected chi connectivity index (χ4v) is 2.88. The number of carbonyl (C=O) groups excluding carboxylic acids is 1. The van der Waals surface area contributed by atoms with Crippen molar-refractivity contribution >= 4 is 23.3 Å². The van der Waals surface area contributed by atoms with Crippen molar-refractivity contribution in [3.05, 3.63) is 29.3 Å². The lowest BCUT2D eigenvalue weighted by Gasteiger charge is -2.35. The van der Waals surface area contributed by atoms with E-state index in [0.29, 0.717) is 29.2 Å². The molecule has 0 aromatic heterocycles. The van der Waals surface area contributed by atoms with Gasteiger partial charge in [0.05, 0.1) is 10.7 Å². The molecule has 1 atom stereocenters. The van der Waals surface area contributed by atoms with E-state index in [1.807, 2.05) is 12.1 Å². The minimum Gasteiger partial charge on any atom is -0.338 e. The number of benzene rings is 1. The van der Waals surface area contributed by atoms with Gasteiger partial charge in [0.25, 0.3) is 0 Å². The zero-order valence-electron chi connectivity index (χ0n) is 12.7. The van der Waals surface area contributed by atoms with E-state index in [4.69, 9.17) is 11.6 Å². The summed E-state index contributed by atoms with van der Waals surface area (Å²) in [5.74, 6) is 0.526. The first-order valence-electron chi connectivity index (χ1n) is 7.59. The maximum absolute atomic E-state index is 11.9. The highest BCUT2D eigenvalue weighted by Crippen LogP contribution is 2.20. The Hall–Kier alpha value is -1.26. The molecule has 2 amide bonds. The van der Waals surface area contributed by atoms with Crippen molar-refractivity contribution in [2.75, 3.05) is 25.0 Å². The van der Waals surface area contributed by atoms with Gasteiger partial charge in [-0.3, -0.25) is 0 Å². The molecule has 0 aliphatic carbocycles. The molecule has 1 aromatic carbocycles. The topological polar surface area (TPSA) is 44.4 Å². The Balaban J connectivity index is 1.77. The molecule has 0 saturated carbocycles. The lowest BCUT2D eigenvalue weighted by atomic mass is 9.97. The van der Waals surface area contributed by atoms with Gasteiger partial charge in [0.15, 0.2) is 0 Å². The molecule has 116 valence electrons. The van der Waals surface area contributed by atoms with E-state index >= 15 is 0 Å². The smallest absolute Gasteiger partial charge is 0.319 e. The van der Waals surface area contributed by atoms with Gasteiger partial charge in [-0.1, -0.05) is 23.7 Å².